The van der Waals surface area contributed by atoms with E-state index in [1.807, 2.05) is 12.4 Å². The molecule has 1 heterocycles. The summed E-state index contributed by atoms with van der Waals surface area (Å²) in [7, 11) is 4.34. The molecule has 1 rings (SSSR count). The third-order valence-electron chi connectivity index (χ3n) is 4.33. The van der Waals surface area contributed by atoms with Crippen LogP contribution in [0.5, 0.6) is 0 Å². The van der Waals surface area contributed by atoms with Crippen molar-refractivity contribution in [3.63, 3.8) is 0 Å². The van der Waals surface area contributed by atoms with Gasteiger partial charge in [0.25, 0.3) is 0 Å². The molecule has 4 heteroatoms. The fourth-order valence-electron chi connectivity index (χ4n) is 2.51. The molecular weight excluding hydrogens is 314 g/mol. The molecule has 2 atom stereocenters. The summed E-state index contributed by atoms with van der Waals surface area (Å²) in [5, 5.41) is 3.73. The van der Waals surface area contributed by atoms with Gasteiger partial charge in [-0.05, 0) is 74.4 Å². The average molecular weight is 342 g/mol. The van der Waals surface area contributed by atoms with Crippen LogP contribution in [0.1, 0.15) is 39.2 Å². The summed E-state index contributed by atoms with van der Waals surface area (Å²) < 4.78 is 1.05. The van der Waals surface area contributed by atoms with E-state index in [-0.39, 0.29) is 5.54 Å². The van der Waals surface area contributed by atoms with Gasteiger partial charge in [0.1, 0.15) is 0 Å². The highest BCUT2D eigenvalue weighted by Crippen LogP contribution is 2.24. The second-order valence-electron chi connectivity index (χ2n) is 5.83. The van der Waals surface area contributed by atoms with Crippen LogP contribution in [0.3, 0.4) is 0 Å². The number of rotatable bonds is 8. The molecule has 0 fully saturated rings. The topological polar surface area (TPSA) is 28.2 Å². The van der Waals surface area contributed by atoms with Gasteiger partial charge in [0, 0.05) is 28.4 Å². The van der Waals surface area contributed by atoms with Gasteiger partial charge in [-0.25, -0.2) is 0 Å². The molecule has 2 unspecified atom stereocenters. The lowest BCUT2D eigenvalue weighted by molar-refractivity contribution is 0.112. The van der Waals surface area contributed by atoms with E-state index in [2.05, 4.69) is 72.1 Å². The molecule has 1 aromatic heterocycles. The van der Waals surface area contributed by atoms with E-state index < -0.39 is 0 Å². The zero-order chi connectivity index (χ0) is 15.2. The summed E-state index contributed by atoms with van der Waals surface area (Å²) in [6.07, 6.45) is 7.07. The number of halogens is 1. The van der Waals surface area contributed by atoms with Crippen LogP contribution in [-0.2, 0) is 6.42 Å². The minimum absolute atomic E-state index is 0.136. The highest BCUT2D eigenvalue weighted by molar-refractivity contribution is 9.10. The molecule has 0 radical (unpaired) electrons. The molecule has 0 aliphatic heterocycles. The Balaban J connectivity index is 2.94. The Morgan fingerprint density at radius 1 is 1.35 bits per heavy atom. The summed E-state index contributed by atoms with van der Waals surface area (Å²) in [6.45, 7) is 7.87. The Hall–Kier alpha value is -0.450. The monoisotopic (exact) mass is 341 g/mol. The van der Waals surface area contributed by atoms with E-state index in [0.29, 0.717) is 6.04 Å². The molecule has 0 aromatic carbocycles. The summed E-state index contributed by atoms with van der Waals surface area (Å²) in [5.41, 5.74) is 1.41. The van der Waals surface area contributed by atoms with Gasteiger partial charge in [-0.2, -0.15) is 0 Å². The molecule has 1 N–H and O–H groups in total. The van der Waals surface area contributed by atoms with Gasteiger partial charge in [-0.1, -0.05) is 13.8 Å². The van der Waals surface area contributed by atoms with Crippen molar-refractivity contribution < 1.29 is 0 Å². The van der Waals surface area contributed by atoms with Crippen LogP contribution in [0.4, 0.5) is 0 Å². The lowest BCUT2D eigenvalue weighted by atomic mass is 9.84. The first kappa shape index (κ1) is 17.6. The zero-order valence-electron chi connectivity index (χ0n) is 13.4. The minimum Gasteiger partial charge on any atom is -0.312 e. The second-order valence-corrected chi connectivity index (χ2v) is 6.74. The molecule has 114 valence electrons. The Morgan fingerprint density at radius 3 is 2.55 bits per heavy atom. The Bertz CT molecular complexity index is 408. The van der Waals surface area contributed by atoms with Crippen molar-refractivity contribution in [3.8, 4) is 0 Å². The zero-order valence-corrected chi connectivity index (χ0v) is 15.0. The number of likely N-dealkylation sites (N-methyl/N-ethyl adjacent to an activating group) is 1. The predicted molar refractivity (Wildman–Crippen MR) is 90.1 cm³/mol. The maximum absolute atomic E-state index is 4.28. The fourth-order valence-corrected chi connectivity index (χ4v) is 2.92. The van der Waals surface area contributed by atoms with E-state index in [1.165, 1.54) is 5.56 Å². The first-order valence-electron chi connectivity index (χ1n) is 7.44. The van der Waals surface area contributed by atoms with Crippen LogP contribution < -0.4 is 5.32 Å². The third kappa shape index (κ3) is 4.54. The first-order chi connectivity index (χ1) is 9.43. The molecule has 0 amide bonds. The molecule has 0 aliphatic rings. The van der Waals surface area contributed by atoms with Crippen molar-refractivity contribution in [1.29, 1.82) is 0 Å². The van der Waals surface area contributed by atoms with Crippen molar-refractivity contribution in [1.82, 2.24) is 15.2 Å². The molecular formula is C16H28BrN3. The summed E-state index contributed by atoms with van der Waals surface area (Å²) in [5.74, 6) is 0. The molecule has 0 bridgehead atoms. The van der Waals surface area contributed by atoms with Gasteiger partial charge < -0.3 is 10.2 Å². The largest absolute Gasteiger partial charge is 0.312 e. The van der Waals surface area contributed by atoms with Crippen molar-refractivity contribution in [2.24, 2.45) is 0 Å². The summed E-state index contributed by atoms with van der Waals surface area (Å²) in [6, 6.07) is 2.58. The second kappa shape index (κ2) is 8.11. The first-order valence-corrected chi connectivity index (χ1v) is 8.23. The van der Waals surface area contributed by atoms with Crippen molar-refractivity contribution in [2.75, 3.05) is 20.6 Å². The van der Waals surface area contributed by atoms with Crippen LogP contribution >= 0.6 is 15.9 Å². The Morgan fingerprint density at radius 2 is 2.05 bits per heavy atom. The van der Waals surface area contributed by atoms with E-state index in [4.69, 9.17) is 0 Å². The van der Waals surface area contributed by atoms with E-state index >= 15 is 0 Å². The lowest BCUT2D eigenvalue weighted by Gasteiger charge is -2.43. The van der Waals surface area contributed by atoms with Gasteiger partial charge in [0.05, 0.1) is 0 Å². The van der Waals surface area contributed by atoms with Crippen LogP contribution in [0.2, 0.25) is 0 Å². The fraction of sp³-hybridized carbons (Fsp3) is 0.688. The molecule has 0 saturated heterocycles. The van der Waals surface area contributed by atoms with Crippen LogP contribution in [0, 0.1) is 0 Å². The van der Waals surface area contributed by atoms with Gasteiger partial charge >= 0.3 is 0 Å². The smallest absolute Gasteiger partial charge is 0.0410 e. The van der Waals surface area contributed by atoms with Gasteiger partial charge in [0.2, 0.25) is 0 Å². The third-order valence-corrected chi connectivity index (χ3v) is 4.76. The van der Waals surface area contributed by atoms with Crippen molar-refractivity contribution in [3.05, 3.63) is 28.5 Å². The number of nitrogens with one attached hydrogen (secondary N) is 1. The summed E-state index contributed by atoms with van der Waals surface area (Å²) in [4.78, 5) is 6.62. The molecule has 20 heavy (non-hydrogen) atoms. The number of pyridine rings is 1. The molecule has 0 spiro atoms. The minimum atomic E-state index is 0.136. The highest BCUT2D eigenvalue weighted by atomic mass is 79.9. The van der Waals surface area contributed by atoms with Crippen LogP contribution in [0.25, 0.3) is 0 Å². The number of aromatic nitrogens is 1. The highest BCUT2D eigenvalue weighted by Gasteiger charge is 2.34. The maximum atomic E-state index is 4.28. The number of nitrogens with zero attached hydrogens (tertiary/aromatic N) is 2. The van der Waals surface area contributed by atoms with Gasteiger partial charge in [-0.3, -0.25) is 4.98 Å². The van der Waals surface area contributed by atoms with E-state index in [0.717, 1.165) is 30.3 Å². The van der Waals surface area contributed by atoms with E-state index in [9.17, 15) is 0 Å². The van der Waals surface area contributed by atoms with Crippen LogP contribution in [-0.4, -0.2) is 42.1 Å². The van der Waals surface area contributed by atoms with Gasteiger partial charge in [-0.15, -0.1) is 0 Å². The lowest BCUT2D eigenvalue weighted by Crippen LogP contribution is -2.58. The van der Waals surface area contributed by atoms with Gasteiger partial charge in [0.15, 0.2) is 0 Å². The molecule has 0 aliphatic carbocycles. The molecule has 0 saturated carbocycles. The summed E-state index contributed by atoms with van der Waals surface area (Å²) >= 11 is 3.51. The standard InChI is InChI=1S/C16H28BrN3/c1-6-8-19-15(16(3,7-2)20(4)5)10-13-9-14(17)12-18-11-13/h9,11-12,15,19H,6-8,10H2,1-5H3. The normalized spacial score (nSPS) is 16.1. The average Bonchev–Trinajstić information content (AvgIpc) is 2.42. The van der Waals surface area contributed by atoms with Crippen molar-refractivity contribution in [2.45, 2.75) is 51.6 Å². The quantitative estimate of drug-likeness (QED) is 0.784. The number of hydrogen-bond donors (Lipinski definition) is 1. The van der Waals surface area contributed by atoms with E-state index in [1.54, 1.807) is 0 Å². The Labute approximate surface area is 132 Å². The SMILES string of the molecule is CCCNC(Cc1cncc(Br)c1)C(C)(CC)N(C)C. The molecule has 1 aromatic rings. The van der Waals surface area contributed by atoms with Crippen LogP contribution in [0.15, 0.2) is 22.9 Å². The van der Waals surface area contributed by atoms with Crippen molar-refractivity contribution >= 4 is 15.9 Å². The maximum Gasteiger partial charge on any atom is 0.0410 e. The number of hydrogen-bond acceptors (Lipinski definition) is 3. The molecule has 3 nitrogen and oxygen atoms in total. The Kier molecular flexibility index (Phi) is 7.13. The predicted octanol–water partition coefficient (Wildman–Crippen LogP) is 3.49.